The maximum atomic E-state index is 12.5. The van der Waals surface area contributed by atoms with Gasteiger partial charge in [0.25, 0.3) is 0 Å². The van der Waals surface area contributed by atoms with Crippen LogP contribution in [-0.4, -0.2) is 123 Å². The summed E-state index contributed by atoms with van der Waals surface area (Å²) in [5.74, 6) is 1.19. The summed E-state index contributed by atoms with van der Waals surface area (Å²) < 4.78 is 0. The number of piperidine rings is 1. The van der Waals surface area contributed by atoms with E-state index in [1.54, 1.807) is 0 Å². The molecular formula is C18H35N5O. The second-order valence-corrected chi connectivity index (χ2v) is 8.01. The fourth-order valence-electron chi connectivity index (χ4n) is 4.09. The van der Waals surface area contributed by atoms with Crippen LogP contribution in [0.2, 0.25) is 0 Å². The number of likely N-dealkylation sites (tertiary alicyclic amines) is 1. The molecule has 24 heavy (non-hydrogen) atoms. The number of amides is 1. The van der Waals surface area contributed by atoms with E-state index >= 15 is 0 Å². The third kappa shape index (κ3) is 5.15. The highest BCUT2D eigenvalue weighted by atomic mass is 16.2. The largest absolute Gasteiger partial charge is 0.339 e. The van der Waals surface area contributed by atoms with Crippen molar-refractivity contribution in [2.24, 2.45) is 5.92 Å². The van der Waals surface area contributed by atoms with Crippen molar-refractivity contribution in [3.05, 3.63) is 0 Å². The van der Waals surface area contributed by atoms with Crippen LogP contribution in [0.25, 0.3) is 0 Å². The Bertz CT molecular complexity index is 394. The van der Waals surface area contributed by atoms with Gasteiger partial charge in [0.2, 0.25) is 5.91 Å². The lowest BCUT2D eigenvalue weighted by Gasteiger charge is -2.39. The Labute approximate surface area is 147 Å². The zero-order valence-electron chi connectivity index (χ0n) is 15.6. The zero-order chi connectivity index (χ0) is 16.9. The van der Waals surface area contributed by atoms with Crippen molar-refractivity contribution in [2.75, 3.05) is 92.6 Å². The van der Waals surface area contributed by atoms with Crippen molar-refractivity contribution >= 4 is 5.91 Å². The highest BCUT2D eigenvalue weighted by Crippen LogP contribution is 2.18. The van der Waals surface area contributed by atoms with E-state index < -0.39 is 0 Å². The first-order chi connectivity index (χ1) is 11.6. The van der Waals surface area contributed by atoms with Gasteiger partial charge in [-0.1, -0.05) is 0 Å². The smallest absolute Gasteiger partial charge is 0.236 e. The summed E-state index contributed by atoms with van der Waals surface area (Å²) in [5.41, 5.74) is 0. The number of nitrogens with zero attached hydrogens (tertiary/aromatic N) is 5. The molecule has 3 saturated heterocycles. The van der Waals surface area contributed by atoms with Gasteiger partial charge < -0.3 is 14.7 Å². The van der Waals surface area contributed by atoms with Gasteiger partial charge in [0.1, 0.15) is 0 Å². The molecule has 0 unspecified atom stereocenters. The van der Waals surface area contributed by atoms with Gasteiger partial charge in [0, 0.05) is 58.9 Å². The molecule has 3 aliphatic heterocycles. The second kappa shape index (κ2) is 8.61. The van der Waals surface area contributed by atoms with Crippen LogP contribution in [0.15, 0.2) is 0 Å². The molecule has 0 bridgehead atoms. The summed E-state index contributed by atoms with van der Waals surface area (Å²) in [5, 5.41) is 0. The number of piperazine rings is 2. The Morgan fingerprint density at radius 1 is 0.750 bits per heavy atom. The first-order valence-corrected chi connectivity index (χ1v) is 9.70. The lowest BCUT2D eigenvalue weighted by molar-refractivity contribution is -0.134. The molecule has 3 fully saturated rings. The molecule has 3 aliphatic rings. The maximum absolute atomic E-state index is 12.5. The van der Waals surface area contributed by atoms with Gasteiger partial charge in [-0.2, -0.15) is 0 Å². The van der Waals surface area contributed by atoms with Crippen LogP contribution in [0.3, 0.4) is 0 Å². The van der Waals surface area contributed by atoms with Gasteiger partial charge in [-0.15, -0.1) is 0 Å². The predicted octanol–water partition coefficient (Wildman–Crippen LogP) is -0.280. The average molecular weight is 338 g/mol. The molecule has 6 nitrogen and oxygen atoms in total. The second-order valence-electron chi connectivity index (χ2n) is 8.01. The number of hydrogen-bond donors (Lipinski definition) is 0. The normalized spacial score (nSPS) is 26.8. The fourth-order valence-corrected chi connectivity index (χ4v) is 4.09. The number of hydrogen-bond acceptors (Lipinski definition) is 5. The Morgan fingerprint density at radius 2 is 1.29 bits per heavy atom. The first-order valence-electron chi connectivity index (χ1n) is 9.70. The molecule has 0 atom stereocenters. The standard InChI is InChI=1S/C18H35N5O/c1-19-5-3-17(4-6-19)15-21-11-13-23(14-12-21)18(24)16-22-9-7-20(2)8-10-22/h17H,3-16H2,1-2H3. The van der Waals surface area contributed by atoms with Crippen molar-refractivity contribution in [3.8, 4) is 0 Å². The van der Waals surface area contributed by atoms with E-state index in [1.807, 2.05) is 0 Å². The van der Waals surface area contributed by atoms with E-state index in [-0.39, 0.29) is 0 Å². The van der Waals surface area contributed by atoms with Crippen LogP contribution in [0, 0.1) is 5.92 Å². The Balaban J connectivity index is 1.34. The minimum absolute atomic E-state index is 0.332. The summed E-state index contributed by atoms with van der Waals surface area (Å²) in [6.45, 7) is 12.5. The summed E-state index contributed by atoms with van der Waals surface area (Å²) in [6, 6.07) is 0. The maximum Gasteiger partial charge on any atom is 0.236 e. The van der Waals surface area contributed by atoms with Crippen molar-refractivity contribution < 1.29 is 4.79 Å². The van der Waals surface area contributed by atoms with E-state index in [4.69, 9.17) is 0 Å². The molecule has 3 rings (SSSR count). The molecule has 0 aromatic rings. The summed E-state index contributed by atoms with van der Waals surface area (Å²) in [7, 11) is 4.38. The van der Waals surface area contributed by atoms with Crippen molar-refractivity contribution in [2.45, 2.75) is 12.8 Å². The quantitative estimate of drug-likeness (QED) is 0.705. The molecule has 3 heterocycles. The molecule has 0 aromatic carbocycles. The number of carbonyl (C=O) groups is 1. The number of likely N-dealkylation sites (N-methyl/N-ethyl adjacent to an activating group) is 1. The minimum atomic E-state index is 0.332. The van der Waals surface area contributed by atoms with Crippen LogP contribution in [0.1, 0.15) is 12.8 Å². The molecular weight excluding hydrogens is 302 g/mol. The van der Waals surface area contributed by atoms with E-state index in [0.29, 0.717) is 12.5 Å². The van der Waals surface area contributed by atoms with Crippen molar-refractivity contribution in [3.63, 3.8) is 0 Å². The van der Waals surface area contributed by atoms with Crippen LogP contribution < -0.4 is 0 Å². The Hall–Kier alpha value is -0.690. The van der Waals surface area contributed by atoms with E-state index in [2.05, 4.69) is 38.6 Å². The van der Waals surface area contributed by atoms with E-state index in [9.17, 15) is 4.79 Å². The van der Waals surface area contributed by atoms with Crippen molar-refractivity contribution in [1.29, 1.82) is 0 Å². The van der Waals surface area contributed by atoms with Crippen LogP contribution >= 0.6 is 0 Å². The third-order valence-electron chi connectivity index (χ3n) is 6.03. The molecule has 0 radical (unpaired) electrons. The molecule has 1 amide bonds. The van der Waals surface area contributed by atoms with Crippen LogP contribution in [-0.2, 0) is 4.79 Å². The predicted molar refractivity (Wildman–Crippen MR) is 97.2 cm³/mol. The molecule has 6 heteroatoms. The highest BCUT2D eigenvalue weighted by Gasteiger charge is 2.26. The van der Waals surface area contributed by atoms with Crippen LogP contribution in [0.4, 0.5) is 0 Å². The molecule has 0 aromatic heterocycles. The van der Waals surface area contributed by atoms with Gasteiger partial charge >= 0.3 is 0 Å². The zero-order valence-corrected chi connectivity index (χ0v) is 15.6. The lowest BCUT2D eigenvalue weighted by atomic mass is 9.96. The third-order valence-corrected chi connectivity index (χ3v) is 6.03. The van der Waals surface area contributed by atoms with E-state index in [0.717, 1.165) is 58.3 Å². The summed E-state index contributed by atoms with van der Waals surface area (Å²) in [6.07, 6.45) is 2.66. The fraction of sp³-hybridized carbons (Fsp3) is 0.944. The molecule has 0 N–H and O–H groups in total. The monoisotopic (exact) mass is 337 g/mol. The minimum Gasteiger partial charge on any atom is -0.339 e. The van der Waals surface area contributed by atoms with Gasteiger partial charge in [0.15, 0.2) is 0 Å². The number of carbonyl (C=O) groups excluding carboxylic acids is 1. The van der Waals surface area contributed by atoms with Gasteiger partial charge in [0.05, 0.1) is 6.54 Å². The first kappa shape index (κ1) is 18.1. The topological polar surface area (TPSA) is 33.3 Å². The van der Waals surface area contributed by atoms with E-state index in [1.165, 1.54) is 32.5 Å². The highest BCUT2D eigenvalue weighted by molar-refractivity contribution is 5.78. The Morgan fingerprint density at radius 3 is 1.92 bits per heavy atom. The Kier molecular flexibility index (Phi) is 6.49. The lowest BCUT2D eigenvalue weighted by Crippen LogP contribution is -2.54. The average Bonchev–Trinajstić information content (AvgIpc) is 2.59. The molecule has 0 spiro atoms. The number of rotatable bonds is 4. The van der Waals surface area contributed by atoms with Gasteiger partial charge in [-0.05, 0) is 45.9 Å². The summed E-state index contributed by atoms with van der Waals surface area (Å²) >= 11 is 0. The van der Waals surface area contributed by atoms with Crippen LogP contribution in [0.5, 0.6) is 0 Å². The molecule has 138 valence electrons. The SMILES string of the molecule is CN1CCC(CN2CCN(C(=O)CN3CCN(C)CC3)CC2)CC1. The molecule has 0 saturated carbocycles. The van der Waals surface area contributed by atoms with Crippen molar-refractivity contribution in [1.82, 2.24) is 24.5 Å². The van der Waals surface area contributed by atoms with Gasteiger partial charge in [-0.3, -0.25) is 14.6 Å². The molecule has 0 aliphatic carbocycles. The summed E-state index contributed by atoms with van der Waals surface area (Å²) in [4.78, 5) is 24.3. The van der Waals surface area contributed by atoms with Gasteiger partial charge in [-0.25, -0.2) is 0 Å².